The Morgan fingerprint density at radius 1 is 0.973 bits per heavy atom. The first kappa shape index (κ1) is 25.7. The van der Waals surface area contributed by atoms with Crippen LogP contribution in [0, 0.1) is 11.8 Å². The molecule has 2 saturated heterocycles. The second-order valence-electron chi connectivity index (χ2n) is 10.6. The van der Waals surface area contributed by atoms with Gasteiger partial charge in [-0.3, -0.25) is 14.5 Å². The summed E-state index contributed by atoms with van der Waals surface area (Å²) in [4.78, 5) is 30.6. The summed E-state index contributed by atoms with van der Waals surface area (Å²) in [7, 11) is 4.16. The van der Waals surface area contributed by atoms with Crippen molar-refractivity contribution in [2.75, 3.05) is 32.1 Å². The number of carbonyl (C=O) groups is 2. The van der Waals surface area contributed by atoms with Crippen LogP contribution in [0.4, 0.5) is 5.69 Å². The quantitative estimate of drug-likeness (QED) is 0.352. The summed E-state index contributed by atoms with van der Waals surface area (Å²) in [6, 6.07) is 20.4. The van der Waals surface area contributed by atoms with E-state index in [0.717, 1.165) is 50.9 Å². The molecule has 2 heterocycles. The molecule has 1 unspecified atom stereocenters. The number of hydrogen-bond donors (Lipinski definition) is 0. The van der Waals surface area contributed by atoms with Crippen LogP contribution in [0.3, 0.4) is 0 Å². The maximum Gasteiger partial charge on any atom is 0.307 e. The number of hydrogen-bond acceptors (Lipinski definition) is 5. The van der Waals surface area contributed by atoms with E-state index in [4.69, 9.17) is 16.3 Å². The molecule has 0 N–H and O–H groups in total. The summed E-state index contributed by atoms with van der Waals surface area (Å²) in [6.07, 6.45) is 3.42. The number of Topliss-reactive ketones (excluding diaryl/α,β-unsaturated/α-hetero) is 1. The molecule has 6 heteroatoms. The van der Waals surface area contributed by atoms with Gasteiger partial charge in [-0.15, -0.1) is 0 Å². The van der Waals surface area contributed by atoms with E-state index in [0.29, 0.717) is 5.02 Å². The number of cyclic esters (lactones) is 1. The third-order valence-corrected chi connectivity index (χ3v) is 8.17. The zero-order valence-electron chi connectivity index (χ0n) is 21.7. The van der Waals surface area contributed by atoms with E-state index in [9.17, 15) is 9.59 Å². The highest BCUT2D eigenvalue weighted by molar-refractivity contribution is 6.30. The minimum Gasteiger partial charge on any atom is -0.457 e. The van der Waals surface area contributed by atoms with Crippen LogP contribution < -0.4 is 4.90 Å². The Kier molecular flexibility index (Phi) is 7.82. The predicted octanol–water partition coefficient (Wildman–Crippen LogP) is 6.42. The number of fused-ring (bicyclic) bond motifs is 1. The number of esters is 1. The molecule has 3 aromatic rings. The van der Waals surface area contributed by atoms with E-state index in [1.54, 1.807) is 12.1 Å². The average Bonchev–Trinajstić information content (AvgIpc) is 3.27. The number of benzene rings is 3. The molecule has 0 aliphatic carbocycles. The Labute approximate surface area is 224 Å². The van der Waals surface area contributed by atoms with Crippen LogP contribution in [0.25, 0.3) is 10.8 Å². The lowest BCUT2D eigenvalue weighted by Gasteiger charge is -2.30. The lowest BCUT2D eigenvalue weighted by atomic mass is 9.81. The molecule has 3 aromatic carbocycles. The zero-order chi connectivity index (χ0) is 25.9. The largest absolute Gasteiger partial charge is 0.457 e. The number of anilines is 1. The number of rotatable bonds is 6. The van der Waals surface area contributed by atoms with Crippen LogP contribution in [0.2, 0.25) is 5.02 Å². The third kappa shape index (κ3) is 5.68. The smallest absolute Gasteiger partial charge is 0.307 e. The van der Waals surface area contributed by atoms with Crippen molar-refractivity contribution in [1.29, 1.82) is 0 Å². The van der Waals surface area contributed by atoms with Crippen molar-refractivity contribution >= 4 is 39.8 Å². The van der Waals surface area contributed by atoms with Gasteiger partial charge in [-0.1, -0.05) is 60.5 Å². The highest BCUT2D eigenvalue weighted by Gasteiger charge is 2.42. The fourth-order valence-corrected chi connectivity index (χ4v) is 6.07. The average molecular weight is 519 g/mol. The summed E-state index contributed by atoms with van der Waals surface area (Å²) in [5.74, 6) is -0.591. The first-order valence-corrected chi connectivity index (χ1v) is 13.7. The monoisotopic (exact) mass is 518 g/mol. The lowest BCUT2D eigenvalue weighted by molar-refractivity contribution is -0.142. The number of nitrogens with zero attached hydrogens (tertiary/aromatic N) is 2. The highest BCUT2D eigenvalue weighted by atomic mass is 35.5. The fraction of sp³-hybridized carbons (Fsp3) is 0.419. The van der Waals surface area contributed by atoms with Gasteiger partial charge in [-0.2, -0.15) is 0 Å². The molecule has 2 aliphatic heterocycles. The Bertz CT molecular complexity index is 1270. The molecule has 2 fully saturated rings. The topological polar surface area (TPSA) is 49.9 Å². The van der Waals surface area contributed by atoms with Gasteiger partial charge in [0.2, 0.25) is 0 Å². The molecule has 5 rings (SSSR count). The van der Waals surface area contributed by atoms with Gasteiger partial charge in [0.1, 0.15) is 11.9 Å². The van der Waals surface area contributed by atoms with Crippen molar-refractivity contribution in [3.63, 3.8) is 0 Å². The molecule has 5 nitrogen and oxygen atoms in total. The number of likely N-dealkylation sites (tertiary alicyclic amines) is 1. The Morgan fingerprint density at radius 3 is 2.49 bits per heavy atom. The van der Waals surface area contributed by atoms with Gasteiger partial charge in [0.15, 0.2) is 0 Å². The summed E-state index contributed by atoms with van der Waals surface area (Å²) in [6.45, 7) is 2.77. The predicted molar refractivity (Wildman–Crippen MR) is 149 cm³/mol. The molecule has 194 valence electrons. The van der Waals surface area contributed by atoms with Gasteiger partial charge in [0, 0.05) is 42.7 Å². The van der Waals surface area contributed by atoms with Gasteiger partial charge in [0.25, 0.3) is 0 Å². The maximum atomic E-state index is 13.7. The van der Waals surface area contributed by atoms with Crippen molar-refractivity contribution in [1.82, 2.24) is 4.90 Å². The second kappa shape index (κ2) is 11.2. The number of halogens is 1. The number of ether oxygens (including phenoxy) is 1. The van der Waals surface area contributed by atoms with Gasteiger partial charge in [0.05, 0.1) is 12.3 Å². The van der Waals surface area contributed by atoms with Crippen LogP contribution in [0.15, 0.2) is 60.7 Å². The Morgan fingerprint density at radius 2 is 1.73 bits per heavy atom. The molecule has 0 amide bonds. The summed E-state index contributed by atoms with van der Waals surface area (Å²) in [5.41, 5.74) is 3.39. The minimum atomic E-state index is -0.514. The van der Waals surface area contributed by atoms with Gasteiger partial charge in [-0.05, 0) is 67.1 Å². The van der Waals surface area contributed by atoms with Crippen LogP contribution in [-0.4, -0.2) is 43.8 Å². The molecular weight excluding hydrogens is 484 g/mol. The molecule has 0 bridgehead atoms. The van der Waals surface area contributed by atoms with Gasteiger partial charge >= 0.3 is 5.97 Å². The maximum absolute atomic E-state index is 13.7. The lowest BCUT2D eigenvalue weighted by Crippen LogP contribution is -2.33. The van der Waals surface area contributed by atoms with Gasteiger partial charge in [-0.25, -0.2) is 0 Å². The summed E-state index contributed by atoms with van der Waals surface area (Å²) in [5, 5.41) is 3.18. The van der Waals surface area contributed by atoms with E-state index < -0.39 is 12.0 Å². The molecule has 0 radical (unpaired) electrons. The first-order valence-electron chi connectivity index (χ1n) is 13.3. The fourth-order valence-electron chi connectivity index (χ4n) is 5.94. The Balaban J connectivity index is 1.30. The minimum absolute atomic E-state index is 0.0510. The molecule has 2 aliphatic rings. The van der Waals surface area contributed by atoms with Crippen molar-refractivity contribution < 1.29 is 14.3 Å². The molecular formula is C31H35ClN2O3. The van der Waals surface area contributed by atoms with Crippen molar-refractivity contribution in [2.45, 2.75) is 44.8 Å². The Hall–Kier alpha value is -2.89. The van der Waals surface area contributed by atoms with Gasteiger partial charge < -0.3 is 9.64 Å². The van der Waals surface area contributed by atoms with E-state index in [1.165, 1.54) is 22.0 Å². The van der Waals surface area contributed by atoms with Crippen molar-refractivity contribution in [2.24, 2.45) is 11.8 Å². The van der Waals surface area contributed by atoms with Crippen molar-refractivity contribution in [3.8, 4) is 0 Å². The van der Waals surface area contributed by atoms with E-state index in [-0.39, 0.29) is 24.1 Å². The normalized spacial score (nSPS) is 22.9. The number of ketones is 1. The SMILES string of the molecule is CN(C)c1ccc(CN2CCCCC(C(=O)[C@H]3CC(=O)O[C@@H]3c3ccc(Cl)cc3)CC2)c2ccccc12. The van der Waals surface area contributed by atoms with Crippen molar-refractivity contribution in [3.05, 3.63) is 76.8 Å². The van der Waals surface area contributed by atoms with E-state index >= 15 is 0 Å². The van der Waals surface area contributed by atoms with Crippen LogP contribution in [0.5, 0.6) is 0 Å². The van der Waals surface area contributed by atoms with Crippen LogP contribution in [0.1, 0.15) is 49.3 Å². The molecule has 0 saturated carbocycles. The highest BCUT2D eigenvalue weighted by Crippen LogP contribution is 2.39. The zero-order valence-corrected chi connectivity index (χ0v) is 22.4. The van der Waals surface area contributed by atoms with E-state index in [1.807, 2.05) is 12.1 Å². The van der Waals surface area contributed by atoms with Crippen LogP contribution >= 0.6 is 11.6 Å². The van der Waals surface area contributed by atoms with E-state index in [2.05, 4.69) is 60.3 Å². The molecule has 37 heavy (non-hydrogen) atoms. The molecule has 3 atom stereocenters. The molecule has 0 spiro atoms. The standard InChI is InChI=1S/C31H35ClN2O3/c1-33(2)28-15-12-23(25-8-3-4-9-26(25)28)20-34-17-6-5-7-21(16-18-34)30(36)27-19-29(35)37-31(27)22-10-13-24(32)14-11-22/h3-4,8-15,21,27,31H,5-7,16-20H2,1-2H3/t21?,27-,31-/m1/s1. The second-order valence-corrected chi connectivity index (χ2v) is 11.1. The summed E-state index contributed by atoms with van der Waals surface area (Å²) >= 11 is 6.05. The number of carbonyl (C=O) groups excluding carboxylic acids is 2. The third-order valence-electron chi connectivity index (χ3n) is 7.91. The van der Waals surface area contributed by atoms with Crippen LogP contribution in [-0.2, 0) is 20.9 Å². The first-order chi connectivity index (χ1) is 17.9. The summed E-state index contributed by atoms with van der Waals surface area (Å²) < 4.78 is 5.62. The molecule has 0 aromatic heterocycles.